The fourth-order valence-electron chi connectivity index (χ4n) is 6.97. The van der Waals surface area contributed by atoms with Crippen LogP contribution in [0.1, 0.15) is 89.7 Å². The van der Waals surface area contributed by atoms with Crippen LogP contribution in [0.4, 0.5) is 4.39 Å². The van der Waals surface area contributed by atoms with E-state index in [0.29, 0.717) is 5.75 Å². The minimum atomic E-state index is -0.878. The molecular formula is C34H45FN2O4. The Morgan fingerprint density at radius 2 is 1.83 bits per heavy atom. The Morgan fingerprint density at radius 1 is 1.07 bits per heavy atom. The van der Waals surface area contributed by atoms with Gasteiger partial charge in [0, 0.05) is 24.6 Å². The van der Waals surface area contributed by atoms with Crippen molar-refractivity contribution in [2.45, 2.75) is 102 Å². The van der Waals surface area contributed by atoms with Crippen molar-refractivity contribution in [1.29, 1.82) is 0 Å². The fourth-order valence-corrected chi connectivity index (χ4v) is 6.97. The van der Waals surface area contributed by atoms with E-state index in [1.807, 2.05) is 45.2 Å². The molecule has 1 aliphatic heterocycles. The van der Waals surface area contributed by atoms with E-state index in [-0.39, 0.29) is 47.2 Å². The van der Waals surface area contributed by atoms with Crippen LogP contribution in [0.25, 0.3) is 11.1 Å². The average molecular weight is 565 g/mol. The molecule has 0 spiro atoms. The zero-order valence-corrected chi connectivity index (χ0v) is 25.4. The molecule has 0 aromatic heterocycles. The summed E-state index contributed by atoms with van der Waals surface area (Å²) in [6, 6.07) is 11.0. The van der Waals surface area contributed by atoms with Gasteiger partial charge < -0.3 is 14.8 Å². The van der Waals surface area contributed by atoms with Crippen LogP contribution in [0.15, 0.2) is 36.4 Å². The Hall–Kier alpha value is -2.93. The topological polar surface area (TPSA) is 67.9 Å². The van der Waals surface area contributed by atoms with Crippen molar-refractivity contribution < 1.29 is 23.5 Å². The highest BCUT2D eigenvalue weighted by molar-refractivity contribution is 5.84. The molecule has 6 nitrogen and oxygen atoms in total. The van der Waals surface area contributed by atoms with Gasteiger partial charge in [-0.25, -0.2) is 4.39 Å². The molecule has 0 bridgehead atoms. The number of carbonyl (C=O) groups is 2. The van der Waals surface area contributed by atoms with Crippen molar-refractivity contribution in [3.05, 3.63) is 53.3 Å². The second-order valence-electron chi connectivity index (χ2n) is 13.7. The largest absolute Gasteiger partial charge is 0.490 e. The number of methoxy groups -OCH3 is 1. The molecule has 3 aliphatic rings. The van der Waals surface area contributed by atoms with Gasteiger partial charge in [0.2, 0.25) is 5.91 Å². The number of halogens is 1. The lowest BCUT2D eigenvalue weighted by molar-refractivity contribution is -0.146. The summed E-state index contributed by atoms with van der Waals surface area (Å²) < 4.78 is 27.0. The van der Waals surface area contributed by atoms with Crippen molar-refractivity contribution in [2.75, 3.05) is 20.7 Å². The quantitative estimate of drug-likeness (QED) is 0.378. The Labute approximate surface area is 244 Å². The number of likely N-dealkylation sites (tertiary alicyclic amines) is 1. The van der Waals surface area contributed by atoms with Crippen LogP contribution in [0, 0.1) is 11.2 Å². The number of hydrogen-bond acceptors (Lipinski definition) is 5. The zero-order chi connectivity index (χ0) is 29.5. The predicted molar refractivity (Wildman–Crippen MR) is 158 cm³/mol. The number of hydrogen-bond donors (Lipinski definition) is 1. The highest BCUT2D eigenvalue weighted by Gasteiger charge is 2.40. The first-order valence-corrected chi connectivity index (χ1v) is 15.1. The Kier molecular flexibility index (Phi) is 8.21. The summed E-state index contributed by atoms with van der Waals surface area (Å²) in [5.41, 5.74) is 2.40. The van der Waals surface area contributed by atoms with E-state index in [1.54, 1.807) is 6.07 Å². The number of benzene rings is 2. The van der Waals surface area contributed by atoms with Gasteiger partial charge in [-0.3, -0.25) is 14.5 Å². The SMILES string of the molecule is COC(=O)C(C)(C)c1ccc(O[C@@H]2CC[C@@H](NC(=O)[C@@H]3CC(C)(C)CN3C)C2)c(-c2cccc(F)c2C2CCC2)c1. The molecule has 222 valence electrons. The Balaban J connectivity index is 1.40. The number of esters is 1. The van der Waals surface area contributed by atoms with Gasteiger partial charge in [-0.1, -0.05) is 38.5 Å². The summed E-state index contributed by atoms with van der Waals surface area (Å²) >= 11 is 0. The van der Waals surface area contributed by atoms with Crippen molar-refractivity contribution in [2.24, 2.45) is 5.41 Å². The van der Waals surface area contributed by atoms with Crippen LogP contribution in [0.2, 0.25) is 0 Å². The highest BCUT2D eigenvalue weighted by Crippen LogP contribution is 2.46. The lowest BCUT2D eigenvalue weighted by Crippen LogP contribution is -2.45. The van der Waals surface area contributed by atoms with E-state index in [4.69, 9.17) is 9.47 Å². The number of rotatable bonds is 8. The van der Waals surface area contributed by atoms with Crippen molar-refractivity contribution in [3.8, 4) is 16.9 Å². The predicted octanol–water partition coefficient (Wildman–Crippen LogP) is 6.36. The number of ether oxygens (including phenoxy) is 2. The maximum atomic E-state index is 15.3. The summed E-state index contributed by atoms with van der Waals surface area (Å²) in [4.78, 5) is 27.9. The van der Waals surface area contributed by atoms with Gasteiger partial charge in [-0.05, 0) is 99.2 Å². The Bertz CT molecular complexity index is 1300. The van der Waals surface area contributed by atoms with E-state index in [2.05, 4.69) is 24.1 Å². The smallest absolute Gasteiger partial charge is 0.315 e. The van der Waals surface area contributed by atoms with E-state index in [1.165, 1.54) is 13.2 Å². The minimum absolute atomic E-state index is 0.0605. The summed E-state index contributed by atoms with van der Waals surface area (Å²) in [7, 11) is 3.42. The summed E-state index contributed by atoms with van der Waals surface area (Å²) in [5, 5.41) is 3.28. The monoisotopic (exact) mass is 564 g/mol. The lowest BCUT2D eigenvalue weighted by Gasteiger charge is -2.30. The van der Waals surface area contributed by atoms with Gasteiger partial charge in [-0.2, -0.15) is 0 Å². The normalized spacial score (nSPS) is 24.6. The third-order valence-corrected chi connectivity index (χ3v) is 9.54. The first kappa shape index (κ1) is 29.6. The molecule has 5 rings (SSSR count). The molecule has 7 heteroatoms. The second kappa shape index (κ2) is 11.4. The number of amides is 1. The molecule has 1 heterocycles. The first-order valence-electron chi connectivity index (χ1n) is 15.1. The Morgan fingerprint density at radius 3 is 2.46 bits per heavy atom. The molecular weight excluding hydrogens is 519 g/mol. The molecule has 0 radical (unpaired) electrons. The van der Waals surface area contributed by atoms with Crippen LogP contribution in [-0.2, 0) is 19.7 Å². The van der Waals surface area contributed by atoms with Gasteiger partial charge >= 0.3 is 5.97 Å². The third kappa shape index (κ3) is 6.01. The number of carbonyl (C=O) groups excluding carboxylic acids is 2. The van der Waals surface area contributed by atoms with Crippen LogP contribution in [0.5, 0.6) is 5.75 Å². The molecule has 1 N–H and O–H groups in total. The van der Waals surface area contributed by atoms with Gasteiger partial charge in [0.1, 0.15) is 17.7 Å². The van der Waals surface area contributed by atoms with Crippen LogP contribution >= 0.6 is 0 Å². The second-order valence-corrected chi connectivity index (χ2v) is 13.7. The molecule has 3 fully saturated rings. The first-order chi connectivity index (χ1) is 19.4. The fraction of sp³-hybridized carbons (Fsp3) is 0.588. The number of likely N-dealkylation sites (N-methyl/N-ethyl adjacent to an activating group) is 1. The molecule has 1 amide bonds. The minimum Gasteiger partial charge on any atom is -0.490 e. The third-order valence-electron chi connectivity index (χ3n) is 9.54. The summed E-state index contributed by atoms with van der Waals surface area (Å²) in [6.45, 7) is 9.00. The standard InChI is InChI=1S/C34H45FN2O4/c1-33(2)19-28(37(5)20-33)31(38)36-23-14-15-24(18-23)41-29-16-13-22(34(3,4)32(39)40-6)17-26(29)25-11-8-12-27(35)30(25)21-9-7-10-21/h8,11-13,16-17,21,23-24,28H,7,9-10,14-15,18-20H2,1-6H3,(H,36,38)/t23-,24-,28+/m1/s1. The zero-order valence-electron chi connectivity index (χ0n) is 25.4. The molecule has 1 saturated heterocycles. The van der Waals surface area contributed by atoms with Crippen molar-refractivity contribution in [3.63, 3.8) is 0 Å². The molecule has 0 unspecified atom stereocenters. The van der Waals surface area contributed by atoms with Gasteiger partial charge in [0.25, 0.3) is 0 Å². The van der Waals surface area contributed by atoms with E-state index >= 15 is 4.39 Å². The molecule has 3 atom stereocenters. The molecule has 2 saturated carbocycles. The molecule has 2 aliphatic carbocycles. The van der Waals surface area contributed by atoms with Crippen molar-refractivity contribution >= 4 is 11.9 Å². The maximum Gasteiger partial charge on any atom is 0.315 e. The van der Waals surface area contributed by atoms with Crippen LogP contribution in [0.3, 0.4) is 0 Å². The molecule has 2 aromatic carbocycles. The van der Waals surface area contributed by atoms with Gasteiger partial charge in [-0.15, -0.1) is 0 Å². The lowest BCUT2D eigenvalue weighted by atomic mass is 9.76. The highest BCUT2D eigenvalue weighted by atomic mass is 19.1. The van der Waals surface area contributed by atoms with Gasteiger partial charge in [0.05, 0.1) is 18.6 Å². The van der Waals surface area contributed by atoms with Gasteiger partial charge in [0.15, 0.2) is 0 Å². The summed E-state index contributed by atoms with van der Waals surface area (Å²) in [5.74, 6) is 0.431. The molecule has 2 aromatic rings. The van der Waals surface area contributed by atoms with Crippen LogP contribution < -0.4 is 10.1 Å². The maximum absolute atomic E-state index is 15.3. The number of nitrogens with one attached hydrogen (secondary N) is 1. The summed E-state index contributed by atoms with van der Waals surface area (Å²) in [6.07, 6.45) is 6.22. The van der Waals surface area contributed by atoms with Crippen molar-refractivity contribution in [1.82, 2.24) is 10.2 Å². The molecule has 41 heavy (non-hydrogen) atoms. The number of nitrogens with zero attached hydrogens (tertiary/aromatic N) is 1. The van der Waals surface area contributed by atoms with E-state index in [9.17, 15) is 9.59 Å². The average Bonchev–Trinajstić information content (AvgIpc) is 3.45. The van der Waals surface area contributed by atoms with Crippen LogP contribution in [-0.4, -0.2) is 55.7 Å². The van der Waals surface area contributed by atoms with E-state index in [0.717, 1.165) is 73.7 Å². The van der Waals surface area contributed by atoms with E-state index < -0.39 is 5.41 Å².